The second-order valence-electron chi connectivity index (χ2n) is 4.74. The molecule has 0 fully saturated rings. The minimum atomic E-state index is -1.13. The second-order valence-corrected chi connectivity index (χ2v) is 4.74. The van der Waals surface area contributed by atoms with Gasteiger partial charge < -0.3 is 10.4 Å². The molecule has 0 bridgehead atoms. The van der Waals surface area contributed by atoms with E-state index in [1.165, 1.54) is 13.8 Å². The highest BCUT2D eigenvalue weighted by Gasteiger charge is 2.44. The Kier molecular flexibility index (Phi) is 3.16. The number of carboxylic acid groups (broad SMARTS) is 1. The van der Waals surface area contributed by atoms with Gasteiger partial charge in [0.15, 0.2) is 0 Å². The SMILES string of the molecule is CC(C)(NC(=O)c1nn[nH]n1)C(C)(C)C(=O)O. The summed E-state index contributed by atoms with van der Waals surface area (Å²) in [7, 11) is 0. The molecule has 94 valence electrons. The Labute approximate surface area is 97.8 Å². The summed E-state index contributed by atoms with van der Waals surface area (Å²) in [6.45, 7) is 6.32. The fourth-order valence-electron chi connectivity index (χ4n) is 1.02. The number of nitrogens with one attached hydrogen (secondary N) is 2. The number of carboxylic acids is 1. The largest absolute Gasteiger partial charge is 0.481 e. The van der Waals surface area contributed by atoms with Crippen LogP contribution in [0.1, 0.15) is 38.3 Å². The van der Waals surface area contributed by atoms with E-state index in [1.54, 1.807) is 13.8 Å². The van der Waals surface area contributed by atoms with Crippen LogP contribution in [0.2, 0.25) is 0 Å². The molecule has 0 aliphatic rings. The Morgan fingerprint density at radius 1 is 1.29 bits per heavy atom. The molecule has 1 aromatic rings. The number of carbonyl (C=O) groups is 2. The van der Waals surface area contributed by atoms with Crippen molar-refractivity contribution in [3.8, 4) is 0 Å². The Morgan fingerprint density at radius 3 is 2.29 bits per heavy atom. The quantitative estimate of drug-likeness (QED) is 0.672. The molecular weight excluding hydrogens is 226 g/mol. The minimum absolute atomic E-state index is 0.126. The summed E-state index contributed by atoms with van der Waals surface area (Å²) in [5.41, 5.74) is -2.09. The molecule has 8 nitrogen and oxygen atoms in total. The van der Waals surface area contributed by atoms with Gasteiger partial charge in [-0.15, -0.1) is 10.2 Å². The Balaban J connectivity index is 2.87. The van der Waals surface area contributed by atoms with Crippen LogP contribution in [0.25, 0.3) is 0 Å². The van der Waals surface area contributed by atoms with Gasteiger partial charge in [-0.3, -0.25) is 9.59 Å². The van der Waals surface area contributed by atoms with Gasteiger partial charge in [0.25, 0.3) is 11.7 Å². The number of aromatic amines is 1. The van der Waals surface area contributed by atoms with Crippen molar-refractivity contribution in [2.45, 2.75) is 33.2 Å². The third kappa shape index (κ3) is 2.40. The van der Waals surface area contributed by atoms with Gasteiger partial charge >= 0.3 is 5.97 Å². The van der Waals surface area contributed by atoms with Crippen LogP contribution in [0.3, 0.4) is 0 Å². The normalized spacial score (nSPS) is 12.2. The van der Waals surface area contributed by atoms with E-state index in [0.717, 1.165) is 0 Å². The van der Waals surface area contributed by atoms with Gasteiger partial charge in [-0.1, -0.05) is 0 Å². The zero-order valence-corrected chi connectivity index (χ0v) is 10.1. The monoisotopic (exact) mass is 241 g/mol. The van der Waals surface area contributed by atoms with E-state index >= 15 is 0 Å². The van der Waals surface area contributed by atoms with E-state index in [-0.39, 0.29) is 5.82 Å². The predicted molar refractivity (Wildman–Crippen MR) is 57.1 cm³/mol. The van der Waals surface area contributed by atoms with Gasteiger partial charge in [-0.25, -0.2) is 0 Å². The van der Waals surface area contributed by atoms with Crippen molar-refractivity contribution in [3.05, 3.63) is 5.82 Å². The molecule has 1 aromatic heterocycles. The van der Waals surface area contributed by atoms with Crippen LogP contribution < -0.4 is 5.32 Å². The molecule has 0 unspecified atom stereocenters. The van der Waals surface area contributed by atoms with Gasteiger partial charge in [0.05, 0.1) is 11.0 Å². The molecule has 0 aliphatic carbocycles. The first-order chi connectivity index (χ1) is 7.68. The summed E-state index contributed by atoms with van der Waals surface area (Å²) in [4.78, 5) is 22.8. The maximum absolute atomic E-state index is 11.7. The molecule has 0 saturated heterocycles. The highest BCUT2D eigenvalue weighted by molar-refractivity contribution is 5.91. The molecule has 17 heavy (non-hydrogen) atoms. The number of amides is 1. The van der Waals surface area contributed by atoms with E-state index in [2.05, 4.69) is 25.9 Å². The molecule has 0 aromatic carbocycles. The van der Waals surface area contributed by atoms with Crippen LogP contribution >= 0.6 is 0 Å². The summed E-state index contributed by atoms with van der Waals surface area (Å²) in [6, 6.07) is 0. The summed E-state index contributed by atoms with van der Waals surface area (Å²) >= 11 is 0. The highest BCUT2D eigenvalue weighted by Crippen LogP contribution is 2.30. The number of carbonyl (C=O) groups excluding carboxylic acids is 1. The lowest BCUT2D eigenvalue weighted by Crippen LogP contribution is -2.57. The molecule has 1 heterocycles. The van der Waals surface area contributed by atoms with Crippen molar-refractivity contribution in [1.29, 1.82) is 0 Å². The van der Waals surface area contributed by atoms with Crippen LogP contribution in [0.5, 0.6) is 0 Å². The third-order valence-corrected chi connectivity index (χ3v) is 3.07. The summed E-state index contributed by atoms with van der Waals surface area (Å²) in [5.74, 6) is -1.70. The molecule has 0 radical (unpaired) electrons. The number of nitrogens with zero attached hydrogens (tertiary/aromatic N) is 3. The molecule has 1 rings (SSSR count). The van der Waals surface area contributed by atoms with Gasteiger partial charge in [0.2, 0.25) is 0 Å². The van der Waals surface area contributed by atoms with Crippen molar-refractivity contribution < 1.29 is 14.7 Å². The van der Waals surface area contributed by atoms with Crippen LogP contribution in [0.4, 0.5) is 0 Å². The standard InChI is InChI=1S/C9H15N5O3/c1-8(2,7(16)17)9(3,4)10-6(15)5-11-13-14-12-5/h1-4H3,(H,10,15)(H,16,17)(H,11,12,13,14). The average Bonchev–Trinajstić information content (AvgIpc) is 2.68. The number of H-pyrrole nitrogens is 1. The molecule has 0 atom stereocenters. The second kappa shape index (κ2) is 4.11. The number of rotatable bonds is 4. The maximum Gasteiger partial charge on any atom is 0.311 e. The van der Waals surface area contributed by atoms with Gasteiger partial charge in [-0.05, 0) is 32.9 Å². The Bertz CT molecular complexity index is 424. The number of aromatic nitrogens is 4. The van der Waals surface area contributed by atoms with Crippen LogP contribution in [0.15, 0.2) is 0 Å². The number of aliphatic carboxylic acids is 1. The molecule has 0 spiro atoms. The smallest absolute Gasteiger partial charge is 0.311 e. The molecule has 1 amide bonds. The first-order valence-corrected chi connectivity index (χ1v) is 4.98. The van der Waals surface area contributed by atoms with E-state index in [1.807, 2.05) is 0 Å². The predicted octanol–water partition coefficient (Wildman–Crippen LogP) is -0.181. The zero-order valence-electron chi connectivity index (χ0n) is 10.1. The van der Waals surface area contributed by atoms with E-state index in [0.29, 0.717) is 0 Å². The summed E-state index contributed by atoms with van der Waals surface area (Å²) in [5, 5.41) is 24.1. The molecular formula is C9H15N5O3. The minimum Gasteiger partial charge on any atom is -0.481 e. The van der Waals surface area contributed by atoms with Gasteiger partial charge in [0.1, 0.15) is 0 Å². The maximum atomic E-state index is 11.7. The van der Waals surface area contributed by atoms with Crippen LogP contribution in [0, 0.1) is 5.41 Å². The fourth-order valence-corrected chi connectivity index (χ4v) is 1.02. The summed E-state index contributed by atoms with van der Waals surface area (Å²) in [6.07, 6.45) is 0. The molecule has 0 saturated carbocycles. The van der Waals surface area contributed by atoms with E-state index in [4.69, 9.17) is 5.11 Å². The van der Waals surface area contributed by atoms with Crippen LogP contribution in [-0.2, 0) is 4.79 Å². The van der Waals surface area contributed by atoms with Crippen molar-refractivity contribution in [2.75, 3.05) is 0 Å². The fraction of sp³-hybridized carbons (Fsp3) is 0.667. The first-order valence-electron chi connectivity index (χ1n) is 4.98. The first kappa shape index (κ1) is 13.1. The average molecular weight is 241 g/mol. The van der Waals surface area contributed by atoms with Crippen molar-refractivity contribution >= 4 is 11.9 Å². The van der Waals surface area contributed by atoms with Gasteiger partial charge in [-0.2, -0.15) is 5.21 Å². The van der Waals surface area contributed by atoms with Crippen LogP contribution in [-0.4, -0.2) is 43.1 Å². The lowest BCUT2D eigenvalue weighted by Gasteiger charge is -2.38. The van der Waals surface area contributed by atoms with E-state index < -0.39 is 22.8 Å². The Hall–Kier alpha value is -1.99. The Morgan fingerprint density at radius 2 is 1.88 bits per heavy atom. The third-order valence-electron chi connectivity index (χ3n) is 3.07. The molecule has 0 aliphatic heterocycles. The summed E-state index contributed by atoms with van der Waals surface area (Å²) < 4.78 is 0. The zero-order chi connectivity index (χ0) is 13.3. The highest BCUT2D eigenvalue weighted by atomic mass is 16.4. The topological polar surface area (TPSA) is 121 Å². The molecule has 3 N–H and O–H groups in total. The van der Waals surface area contributed by atoms with Crippen molar-refractivity contribution in [1.82, 2.24) is 25.9 Å². The van der Waals surface area contributed by atoms with Crippen molar-refractivity contribution in [3.63, 3.8) is 0 Å². The van der Waals surface area contributed by atoms with Gasteiger partial charge in [0, 0.05) is 0 Å². The number of hydrogen-bond acceptors (Lipinski definition) is 5. The number of hydrogen-bond donors (Lipinski definition) is 3. The van der Waals surface area contributed by atoms with Crippen molar-refractivity contribution in [2.24, 2.45) is 5.41 Å². The lowest BCUT2D eigenvalue weighted by molar-refractivity contribution is -0.150. The lowest BCUT2D eigenvalue weighted by atomic mass is 9.74. The molecule has 8 heteroatoms. The van der Waals surface area contributed by atoms with E-state index in [9.17, 15) is 9.59 Å². The number of tetrazole rings is 1.